The lowest BCUT2D eigenvalue weighted by atomic mass is 10.4. The molecule has 2 heterocycles. The topological polar surface area (TPSA) is 90.9 Å². The summed E-state index contributed by atoms with van der Waals surface area (Å²) in [6, 6.07) is 1.54. The van der Waals surface area contributed by atoms with Gasteiger partial charge in [-0.2, -0.15) is 5.10 Å². The Balaban J connectivity index is 2.13. The van der Waals surface area contributed by atoms with Crippen LogP contribution < -0.4 is 5.73 Å². The van der Waals surface area contributed by atoms with Gasteiger partial charge in [-0.1, -0.05) is 0 Å². The molecule has 17 heavy (non-hydrogen) atoms. The smallest absolute Gasteiger partial charge is 0.269 e. The van der Waals surface area contributed by atoms with Crippen LogP contribution in [-0.2, 0) is 6.54 Å². The SMILES string of the molecule is CC(=O)c1nc(Cn2ccc(C(N)=O)n2)cs1. The number of hydrogen-bond donors (Lipinski definition) is 1. The highest BCUT2D eigenvalue weighted by Crippen LogP contribution is 2.11. The van der Waals surface area contributed by atoms with Gasteiger partial charge in [-0.05, 0) is 6.07 Å². The number of ketones is 1. The second-order valence-electron chi connectivity index (χ2n) is 3.46. The largest absolute Gasteiger partial charge is 0.364 e. The minimum Gasteiger partial charge on any atom is -0.364 e. The first-order chi connectivity index (χ1) is 8.06. The normalized spacial score (nSPS) is 10.4. The Bertz CT molecular complexity index is 522. The highest BCUT2D eigenvalue weighted by Gasteiger charge is 2.08. The van der Waals surface area contributed by atoms with E-state index >= 15 is 0 Å². The van der Waals surface area contributed by atoms with Crippen LogP contribution in [0, 0.1) is 0 Å². The number of primary amides is 1. The Morgan fingerprint density at radius 2 is 2.29 bits per heavy atom. The Hall–Kier alpha value is -2.02. The number of amides is 1. The number of rotatable bonds is 4. The summed E-state index contributed by atoms with van der Waals surface area (Å²) in [5, 5.41) is 6.25. The van der Waals surface area contributed by atoms with Gasteiger partial charge in [-0.15, -0.1) is 11.3 Å². The molecule has 2 rings (SSSR count). The van der Waals surface area contributed by atoms with Crippen LogP contribution in [0.2, 0.25) is 0 Å². The summed E-state index contributed by atoms with van der Waals surface area (Å²) >= 11 is 1.30. The van der Waals surface area contributed by atoms with Gasteiger partial charge < -0.3 is 5.73 Å². The molecular weight excluding hydrogens is 240 g/mol. The number of thiazole rings is 1. The lowest BCUT2D eigenvalue weighted by molar-refractivity contribution is 0.0992. The molecular formula is C10H10N4O2S. The van der Waals surface area contributed by atoms with Crippen molar-refractivity contribution in [1.82, 2.24) is 14.8 Å². The Morgan fingerprint density at radius 3 is 2.82 bits per heavy atom. The predicted molar refractivity (Wildman–Crippen MR) is 62.0 cm³/mol. The molecule has 0 saturated carbocycles. The van der Waals surface area contributed by atoms with Crippen molar-refractivity contribution in [2.45, 2.75) is 13.5 Å². The Kier molecular flexibility index (Phi) is 3.01. The van der Waals surface area contributed by atoms with Crippen LogP contribution in [0.3, 0.4) is 0 Å². The molecule has 0 bridgehead atoms. The molecule has 1 amide bonds. The molecule has 2 aromatic rings. The molecule has 0 saturated heterocycles. The van der Waals surface area contributed by atoms with Crippen molar-refractivity contribution in [3.05, 3.63) is 34.0 Å². The number of nitrogens with two attached hydrogens (primary N) is 1. The fourth-order valence-electron chi connectivity index (χ4n) is 1.29. The van der Waals surface area contributed by atoms with Crippen LogP contribution in [0.15, 0.2) is 17.6 Å². The van der Waals surface area contributed by atoms with Gasteiger partial charge in [0, 0.05) is 18.5 Å². The van der Waals surface area contributed by atoms with Gasteiger partial charge in [0.05, 0.1) is 12.2 Å². The van der Waals surface area contributed by atoms with Crippen LogP contribution in [0.5, 0.6) is 0 Å². The lowest BCUT2D eigenvalue weighted by Gasteiger charge is -1.96. The van der Waals surface area contributed by atoms with Gasteiger partial charge in [0.25, 0.3) is 5.91 Å². The maximum Gasteiger partial charge on any atom is 0.269 e. The molecule has 0 radical (unpaired) electrons. The summed E-state index contributed by atoms with van der Waals surface area (Å²) in [4.78, 5) is 26.1. The Labute approximate surface area is 101 Å². The van der Waals surface area contributed by atoms with Crippen LogP contribution in [0.25, 0.3) is 0 Å². The zero-order valence-corrected chi connectivity index (χ0v) is 9.90. The molecule has 0 aliphatic heterocycles. The Morgan fingerprint density at radius 1 is 1.53 bits per heavy atom. The standard InChI is InChI=1S/C10H10N4O2S/c1-6(15)10-12-7(5-17-10)4-14-3-2-8(13-14)9(11)16/h2-3,5H,4H2,1H3,(H2,11,16). The molecule has 6 nitrogen and oxygen atoms in total. The molecule has 0 spiro atoms. The molecule has 2 N–H and O–H groups in total. The van der Waals surface area contributed by atoms with Gasteiger partial charge in [-0.25, -0.2) is 4.98 Å². The van der Waals surface area contributed by atoms with Crippen molar-refractivity contribution in [2.24, 2.45) is 5.73 Å². The molecule has 0 aliphatic rings. The van der Waals surface area contributed by atoms with Crippen molar-refractivity contribution in [1.29, 1.82) is 0 Å². The van der Waals surface area contributed by atoms with Crippen LogP contribution in [0.1, 0.15) is 32.9 Å². The average Bonchev–Trinajstić information content (AvgIpc) is 2.87. The monoisotopic (exact) mass is 250 g/mol. The van der Waals surface area contributed by atoms with E-state index in [0.717, 1.165) is 5.69 Å². The van der Waals surface area contributed by atoms with Crippen molar-refractivity contribution in [2.75, 3.05) is 0 Å². The number of Topliss-reactive ketones (excluding diaryl/α,β-unsaturated/α-hetero) is 1. The quantitative estimate of drug-likeness (QED) is 0.808. The first-order valence-corrected chi connectivity index (χ1v) is 5.73. The zero-order valence-electron chi connectivity index (χ0n) is 9.08. The fraction of sp³-hybridized carbons (Fsp3) is 0.200. The van der Waals surface area contributed by atoms with E-state index in [9.17, 15) is 9.59 Å². The molecule has 0 aromatic carbocycles. The molecule has 0 aliphatic carbocycles. The van der Waals surface area contributed by atoms with Gasteiger partial charge in [0.2, 0.25) is 0 Å². The van der Waals surface area contributed by atoms with Crippen LogP contribution in [0.4, 0.5) is 0 Å². The lowest BCUT2D eigenvalue weighted by Crippen LogP contribution is -2.12. The third-order valence-electron chi connectivity index (χ3n) is 2.07. The highest BCUT2D eigenvalue weighted by atomic mass is 32.1. The van der Waals surface area contributed by atoms with Gasteiger partial charge in [0.15, 0.2) is 10.8 Å². The van der Waals surface area contributed by atoms with Gasteiger partial charge in [-0.3, -0.25) is 14.3 Å². The third kappa shape index (κ3) is 2.56. The third-order valence-corrected chi connectivity index (χ3v) is 3.06. The molecule has 0 atom stereocenters. The molecule has 88 valence electrons. The van der Waals surface area contributed by atoms with Crippen molar-refractivity contribution < 1.29 is 9.59 Å². The average molecular weight is 250 g/mol. The number of aromatic nitrogens is 3. The summed E-state index contributed by atoms with van der Waals surface area (Å²) in [5.41, 5.74) is 6.04. The molecule has 0 unspecified atom stereocenters. The second-order valence-corrected chi connectivity index (χ2v) is 4.32. The van der Waals surface area contributed by atoms with E-state index in [1.165, 1.54) is 18.3 Å². The van der Waals surface area contributed by atoms with E-state index in [0.29, 0.717) is 11.6 Å². The number of hydrogen-bond acceptors (Lipinski definition) is 5. The fourth-order valence-corrected chi connectivity index (χ4v) is 2.00. The van der Waals surface area contributed by atoms with E-state index in [1.54, 1.807) is 22.3 Å². The van der Waals surface area contributed by atoms with Crippen molar-refractivity contribution >= 4 is 23.0 Å². The van der Waals surface area contributed by atoms with Crippen molar-refractivity contribution in [3.8, 4) is 0 Å². The number of carbonyl (C=O) groups is 2. The van der Waals surface area contributed by atoms with Gasteiger partial charge >= 0.3 is 0 Å². The van der Waals surface area contributed by atoms with E-state index < -0.39 is 5.91 Å². The summed E-state index contributed by atoms with van der Waals surface area (Å²) < 4.78 is 1.55. The minimum atomic E-state index is -0.563. The van der Waals surface area contributed by atoms with E-state index in [-0.39, 0.29) is 11.5 Å². The first-order valence-electron chi connectivity index (χ1n) is 4.85. The van der Waals surface area contributed by atoms with E-state index in [1.807, 2.05) is 0 Å². The van der Waals surface area contributed by atoms with E-state index in [4.69, 9.17) is 5.73 Å². The maximum atomic E-state index is 11.1. The van der Waals surface area contributed by atoms with Gasteiger partial charge in [0.1, 0.15) is 5.69 Å². The van der Waals surface area contributed by atoms with E-state index in [2.05, 4.69) is 10.1 Å². The van der Waals surface area contributed by atoms with Crippen LogP contribution in [-0.4, -0.2) is 26.5 Å². The number of carbonyl (C=O) groups excluding carboxylic acids is 2. The predicted octanol–water partition coefficient (Wildman–Crippen LogP) is 0.689. The highest BCUT2D eigenvalue weighted by molar-refractivity contribution is 7.11. The molecule has 2 aromatic heterocycles. The maximum absolute atomic E-state index is 11.1. The summed E-state index contributed by atoms with van der Waals surface area (Å²) in [5.74, 6) is -0.619. The van der Waals surface area contributed by atoms with Crippen molar-refractivity contribution in [3.63, 3.8) is 0 Å². The minimum absolute atomic E-state index is 0.0560. The summed E-state index contributed by atoms with van der Waals surface area (Å²) in [6.07, 6.45) is 1.65. The molecule has 7 heteroatoms. The summed E-state index contributed by atoms with van der Waals surface area (Å²) in [7, 11) is 0. The summed E-state index contributed by atoms with van der Waals surface area (Å²) in [6.45, 7) is 1.89. The second kappa shape index (κ2) is 4.46. The van der Waals surface area contributed by atoms with Crippen LogP contribution >= 0.6 is 11.3 Å². The number of nitrogens with zero attached hydrogens (tertiary/aromatic N) is 3. The molecule has 0 fully saturated rings. The zero-order chi connectivity index (χ0) is 12.4. The first kappa shape index (κ1) is 11.5.